The quantitative estimate of drug-likeness (QED) is 0.667. The van der Waals surface area contributed by atoms with Gasteiger partial charge in [0.25, 0.3) is 0 Å². The van der Waals surface area contributed by atoms with Gasteiger partial charge in [0.05, 0.1) is 0 Å². The molecule has 1 saturated heterocycles. The van der Waals surface area contributed by atoms with Crippen LogP contribution in [0.3, 0.4) is 0 Å². The first-order valence-electron chi connectivity index (χ1n) is 7.48. The molecule has 98 valence electrons. The van der Waals surface area contributed by atoms with Crippen LogP contribution in [0.4, 0.5) is 5.69 Å². The Labute approximate surface area is 115 Å². The number of rotatable bonds is 0. The molecule has 0 radical (unpaired) electrons. The number of piperidine rings is 1. The van der Waals surface area contributed by atoms with E-state index in [0.717, 1.165) is 0 Å². The number of hydrogen-bond acceptors (Lipinski definition) is 1. The van der Waals surface area contributed by atoms with Crippen molar-refractivity contribution in [2.45, 2.75) is 44.6 Å². The summed E-state index contributed by atoms with van der Waals surface area (Å²) < 4.78 is 0. The molecule has 2 heterocycles. The summed E-state index contributed by atoms with van der Waals surface area (Å²) in [6, 6.07) is 14.2. The van der Waals surface area contributed by atoms with Gasteiger partial charge in [-0.2, -0.15) is 0 Å². The molecule has 1 atom stereocenters. The van der Waals surface area contributed by atoms with Gasteiger partial charge < -0.3 is 4.90 Å². The lowest BCUT2D eigenvalue weighted by molar-refractivity contribution is 0.354. The molecule has 2 aromatic rings. The van der Waals surface area contributed by atoms with Gasteiger partial charge >= 0.3 is 0 Å². The fourth-order valence-electron chi connectivity index (χ4n) is 4.31. The maximum absolute atomic E-state index is 2.67. The topological polar surface area (TPSA) is 3.24 Å². The first kappa shape index (κ1) is 11.3. The number of hydrogen-bond donors (Lipinski definition) is 0. The molecule has 1 fully saturated rings. The third-order valence-corrected chi connectivity index (χ3v) is 5.20. The summed E-state index contributed by atoms with van der Waals surface area (Å²) in [6.07, 6.45) is 4.07. The Kier molecular flexibility index (Phi) is 2.24. The molecule has 19 heavy (non-hydrogen) atoms. The first-order chi connectivity index (χ1) is 9.19. The van der Waals surface area contributed by atoms with E-state index in [4.69, 9.17) is 0 Å². The van der Waals surface area contributed by atoms with E-state index in [1.807, 2.05) is 0 Å². The molecule has 0 amide bonds. The first-order valence-corrected chi connectivity index (χ1v) is 7.48. The highest BCUT2D eigenvalue weighted by Crippen LogP contribution is 2.50. The van der Waals surface area contributed by atoms with Crippen molar-refractivity contribution in [3.8, 4) is 0 Å². The summed E-state index contributed by atoms with van der Waals surface area (Å²) in [6.45, 7) is 6.11. The second-order valence-corrected chi connectivity index (χ2v) is 6.61. The van der Waals surface area contributed by atoms with E-state index in [-0.39, 0.29) is 5.41 Å². The van der Waals surface area contributed by atoms with E-state index < -0.39 is 0 Å². The Bertz CT molecular complexity index is 641. The van der Waals surface area contributed by atoms with Gasteiger partial charge in [-0.25, -0.2) is 0 Å². The molecule has 1 nitrogen and oxygen atoms in total. The van der Waals surface area contributed by atoms with Crippen molar-refractivity contribution in [1.82, 2.24) is 0 Å². The molecule has 2 aliphatic heterocycles. The average Bonchev–Trinajstić information content (AvgIpc) is 2.68. The Balaban J connectivity index is 2.03. The molecule has 0 aliphatic carbocycles. The van der Waals surface area contributed by atoms with Gasteiger partial charge in [0.1, 0.15) is 0 Å². The van der Waals surface area contributed by atoms with Gasteiger partial charge in [-0.3, -0.25) is 0 Å². The van der Waals surface area contributed by atoms with Crippen LogP contribution in [0.15, 0.2) is 36.4 Å². The molecule has 0 aromatic heterocycles. The fraction of sp³-hybridized carbons (Fsp3) is 0.444. The van der Waals surface area contributed by atoms with Crippen molar-refractivity contribution in [2.75, 3.05) is 11.4 Å². The smallest absolute Gasteiger partial charge is 0.0414 e. The molecule has 2 aromatic carbocycles. The van der Waals surface area contributed by atoms with Crippen molar-refractivity contribution in [1.29, 1.82) is 0 Å². The summed E-state index contributed by atoms with van der Waals surface area (Å²) in [4.78, 5) is 2.67. The molecular weight excluding hydrogens is 230 g/mol. The highest BCUT2D eigenvalue weighted by Gasteiger charge is 2.45. The van der Waals surface area contributed by atoms with Gasteiger partial charge in [-0.1, -0.05) is 44.2 Å². The molecule has 0 spiro atoms. The van der Waals surface area contributed by atoms with Crippen LogP contribution in [0.1, 0.15) is 38.7 Å². The second-order valence-electron chi connectivity index (χ2n) is 6.61. The van der Waals surface area contributed by atoms with E-state index in [0.29, 0.717) is 6.04 Å². The minimum atomic E-state index is 0.274. The summed E-state index contributed by atoms with van der Waals surface area (Å²) in [5.41, 5.74) is 3.35. The molecule has 1 unspecified atom stereocenters. The SMILES string of the molecule is CC1(C)c2c(ccc3ccccc23)N2CCCCC21. The molecule has 0 N–H and O–H groups in total. The molecule has 0 saturated carbocycles. The Morgan fingerprint density at radius 3 is 2.79 bits per heavy atom. The van der Waals surface area contributed by atoms with Crippen molar-refractivity contribution in [3.05, 3.63) is 42.0 Å². The maximum atomic E-state index is 2.67. The summed E-state index contributed by atoms with van der Waals surface area (Å²) in [5, 5.41) is 2.84. The molecule has 2 aliphatic rings. The monoisotopic (exact) mass is 251 g/mol. The zero-order chi connectivity index (χ0) is 13.0. The van der Waals surface area contributed by atoms with Crippen molar-refractivity contribution in [3.63, 3.8) is 0 Å². The van der Waals surface area contributed by atoms with E-state index in [9.17, 15) is 0 Å². The number of nitrogens with zero attached hydrogens (tertiary/aromatic N) is 1. The van der Waals surface area contributed by atoms with Gasteiger partial charge in [0.2, 0.25) is 0 Å². The third-order valence-electron chi connectivity index (χ3n) is 5.20. The highest BCUT2D eigenvalue weighted by molar-refractivity contribution is 5.93. The highest BCUT2D eigenvalue weighted by atomic mass is 15.2. The predicted octanol–water partition coefficient (Wildman–Crippen LogP) is 4.49. The molecule has 4 rings (SSSR count). The van der Waals surface area contributed by atoms with Crippen LogP contribution < -0.4 is 4.90 Å². The van der Waals surface area contributed by atoms with Crippen molar-refractivity contribution >= 4 is 16.5 Å². The fourth-order valence-corrected chi connectivity index (χ4v) is 4.31. The average molecular weight is 251 g/mol. The number of fused-ring (bicyclic) bond motifs is 5. The van der Waals surface area contributed by atoms with E-state index in [2.05, 4.69) is 55.1 Å². The van der Waals surface area contributed by atoms with Crippen LogP contribution >= 0.6 is 0 Å². The lowest BCUT2D eigenvalue weighted by Crippen LogP contribution is -2.44. The van der Waals surface area contributed by atoms with Crippen LogP contribution in [-0.4, -0.2) is 12.6 Å². The Morgan fingerprint density at radius 1 is 1.05 bits per heavy atom. The minimum Gasteiger partial charge on any atom is -0.367 e. The van der Waals surface area contributed by atoms with Crippen LogP contribution in [-0.2, 0) is 5.41 Å². The number of anilines is 1. The Hall–Kier alpha value is -1.50. The van der Waals surface area contributed by atoms with Crippen LogP contribution in [0.5, 0.6) is 0 Å². The largest absolute Gasteiger partial charge is 0.367 e. The van der Waals surface area contributed by atoms with Gasteiger partial charge in [0.15, 0.2) is 0 Å². The number of benzene rings is 2. The summed E-state index contributed by atoms with van der Waals surface area (Å²) >= 11 is 0. The van der Waals surface area contributed by atoms with Crippen molar-refractivity contribution < 1.29 is 0 Å². The van der Waals surface area contributed by atoms with Gasteiger partial charge in [-0.05, 0) is 41.7 Å². The summed E-state index contributed by atoms with van der Waals surface area (Å²) in [7, 11) is 0. The standard InChI is InChI=1S/C18H21N/c1-18(2)16-9-5-6-12-19(16)15-11-10-13-7-3-4-8-14(13)17(15)18/h3-4,7-8,10-11,16H,5-6,9,12H2,1-2H3. The second kappa shape index (κ2) is 3.75. The predicted molar refractivity (Wildman–Crippen MR) is 82.0 cm³/mol. The lowest BCUT2D eigenvalue weighted by atomic mass is 9.76. The molecule has 1 heteroatoms. The normalized spacial score (nSPS) is 24.3. The van der Waals surface area contributed by atoms with E-state index in [1.54, 1.807) is 5.56 Å². The zero-order valence-corrected chi connectivity index (χ0v) is 11.8. The lowest BCUT2D eigenvalue weighted by Gasteiger charge is -2.38. The Morgan fingerprint density at radius 2 is 1.89 bits per heavy atom. The van der Waals surface area contributed by atoms with Crippen molar-refractivity contribution in [2.24, 2.45) is 0 Å². The van der Waals surface area contributed by atoms with E-state index >= 15 is 0 Å². The van der Waals surface area contributed by atoms with Crippen LogP contribution in [0, 0.1) is 0 Å². The van der Waals surface area contributed by atoms with Gasteiger partial charge in [-0.15, -0.1) is 0 Å². The van der Waals surface area contributed by atoms with Gasteiger partial charge in [0, 0.05) is 23.7 Å². The molecular formula is C18H21N. The van der Waals surface area contributed by atoms with E-state index in [1.165, 1.54) is 42.3 Å². The molecule has 0 bridgehead atoms. The third kappa shape index (κ3) is 1.42. The summed E-state index contributed by atoms with van der Waals surface area (Å²) in [5.74, 6) is 0. The minimum absolute atomic E-state index is 0.274. The zero-order valence-electron chi connectivity index (χ0n) is 11.8. The van der Waals surface area contributed by atoms with Crippen LogP contribution in [0.25, 0.3) is 10.8 Å². The van der Waals surface area contributed by atoms with Crippen LogP contribution in [0.2, 0.25) is 0 Å². The maximum Gasteiger partial charge on any atom is 0.0414 e.